The van der Waals surface area contributed by atoms with Crippen LogP contribution < -0.4 is 5.32 Å². The quantitative estimate of drug-likeness (QED) is 0.862. The molecule has 2 heterocycles. The second-order valence-corrected chi connectivity index (χ2v) is 6.98. The van der Waals surface area contributed by atoms with Crippen molar-refractivity contribution in [2.45, 2.75) is 25.8 Å². The van der Waals surface area contributed by atoms with Gasteiger partial charge in [0.1, 0.15) is 11.4 Å². The summed E-state index contributed by atoms with van der Waals surface area (Å²) in [5, 5.41) is 12.0. The van der Waals surface area contributed by atoms with E-state index in [0.29, 0.717) is 18.5 Å². The number of nitrogens with one attached hydrogen (secondary N) is 1. The van der Waals surface area contributed by atoms with Crippen LogP contribution in [0.4, 0.5) is 5.82 Å². The fraction of sp³-hybridized carbons (Fsp3) is 0.500. The van der Waals surface area contributed by atoms with Crippen molar-refractivity contribution in [3.63, 3.8) is 0 Å². The molecule has 104 valence electrons. The predicted octanol–water partition coefficient (Wildman–Crippen LogP) is 1.08. The van der Waals surface area contributed by atoms with Crippen LogP contribution in [-0.2, 0) is 9.84 Å². The van der Waals surface area contributed by atoms with Gasteiger partial charge in [0.2, 0.25) is 0 Å². The average molecular weight is 284 g/mol. The van der Waals surface area contributed by atoms with Crippen LogP contribution in [0.2, 0.25) is 0 Å². The van der Waals surface area contributed by atoms with E-state index in [4.69, 9.17) is 5.11 Å². The molecular weight excluding hydrogens is 268 g/mol. The number of carboxylic acids is 1. The number of hydrogen-bond donors (Lipinski definition) is 2. The van der Waals surface area contributed by atoms with Crippen molar-refractivity contribution in [2.24, 2.45) is 0 Å². The Morgan fingerprint density at radius 1 is 1.47 bits per heavy atom. The summed E-state index contributed by atoms with van der Waals surface area (Å²) < 4.78 is 23.1. The van der Waals surface area contributed by atoms with Crippen LogP contribution in [0.15, 0.2) is 12.1 Å². The van der Waals surface area contributed by atoms with Crippen LogP contribution in [0.5, 0.6) is 0 Å². The van der Waals surface area contributed by atoms with E-state index in [-0.39, 0.29) is 28.9 Å². The Hall–Kier alpha value is -1.63. The van der Waals surface area contributed by atoms with Gasteiger partial charge in [0, 0.05) is 11.7 Å². The standard InChI is InChI=1S/C12H16N2O4S/c1-8-4-5-10(12(15)16)11(13-8)14-9-3-2-6-19(17,18)7-9/h4-5,9H,2-3,6-7H2,1H3,(H,13,14)(H,15,16). The van der Waals surface area contributed by atoms with Crippen molar-refractivity contribution >= 4 is 21.6 Å². The number of hydrogen-bond acceptors (Lipinski definition) is 5. The lowest BCUT2D eigenvalue weighted by Gasteiger charge is -2.24. The van der Waals surface area contributed by atoms with Crippen LogP contribution in [-0.4, -0.2) is 42.0 Å². The van der Waals surface area contributed by atoms with Gasteiger partial charge in [-0.25, -0.2) is 18.2 Å². The maximum atomic E-state index is 11.6. The van der Waals surface area contributed by atoms with Crippen LogP contribution in [0.25, 0.3) is 0 Å². The third-order valence-electron chi connectivity index (χ3n) is 3.07. The molecule has 0 aliphatic carbocycles. The SMILES string of the molecule is Cc1ccc(C(=O)O)c(NC2CCCS(=O)(=O)C2)n1. The van der Waals surface area contributed by atoms with E-state index < -0.39 is 15.8 Å². The normalized spacial score (nSPS) is 21.8. The van der Waals surface area contributed by atoms with E-state index in [1.54, 1.807) is 13.0 Å². The van der Waals surface area contributed by atoms with E-state index >= 15 is 0 Å². The highest BCUT2D eigenvalue weighted by molar-refractivity contribution is 7.91. The van der Waals surface area contributed by atoms with Gasteiger partial charge in [-0.2, -0.15) is 0 Å². The summed E-state index contributed by atoms with van der Waals surface area (Å²) in [4.78, 5) is 15.3. The molecule has 1 aliphatic heterocycles. The van der Waals surface area contributed by atoms with E-state index in [0.717, 1.165) is 0 Å². The number of anilines is 1. The van der Waals surface area contributed by atoms with Gasteiger partial charge >= 0.3 is 5.97 Å². The molecule has 7 heteroatoms. The molecule has 0 aromatic carbocycles. The van der Waals surface area contributed by atoms with E-state index in [9.17, 15) is 13.2 Å². The summed E-state index contributed by atoms with van der Waals surface area (Å²) in [7, 11) is -3.03. The van der Waals surface area contributed by atoms with Gasteiger partial charge in [-0.3, -0.25) is 0 Å². The molecule has 1 saturated heterocycles. The zero-order valence-electron chi connectivity index (χ0n) is 10.6. The Morgan fingerprint density at radius 3 is 2.84 bits per heavy atom. The third-order valence-corrected chi connectivity index (χ3v) is 4.89. The molecule has 0 bridgehead atoms. The number of rotatable bonds is 3. The Bertz CT molecular complexity index is 598. The highest BCUT2D eigenvalue weighted by Gasteiger charge is 2.26. The lowest BCUT2D eigenvalue weighted by molar-refractivity contribution is 0.0697. The van der Waals surface area contributed by atoms with Gasteiger partial charge in [-0.05, 0) is 31.9 Å². The molecule has 6 nitrogen and oxygen atoms in total. The zero-order valence-corrected chi connectivity index (χ0v) is 11.4. The van der Waals surface area contributed by atoms with Gasteiger partial charge in [-0.15, -0.1) is 0 Å². The number of carbonyl (C=O) groups is 1. The molecule has 1 fully saturated rings. The second-order valence-electron chi connectivity index (χ2n) is 4.75. The molecule has 0 saturated carbocycles. The van der Waals surface area contributed by atoms with Crippen LogP contribution in [0, 0.1) is 6.92 Å². The largest absolute Gasteiger partial charge is 0.478 e. The number of nitrogens with zero attached hydrogens (tertiary/aromatic N) is 1. The third kappa shape index (κ3) is 3.44. The zero-order chi connectivity index (χ0) is 14.0. The fourth-order valence-electron chi connectivity index (χ4n) is 2.17. The van der Waals surface area contributed by atoms with E-state index in [1.807, 2.05) is 0 Å². The monoisotopic (exact) mass is 284 g/mol. The average Bonchev–Trinajstić information content (AvgIpc) is 2.27. The van der Waals surface area contributed by atoms with Gasteiger partial charge in [0.15, 0.2) is 9.84 Å². The van der Waals surface area contributed by atoms with Crippen molar-refractivity contribution in [1.82, 2.24) is 4.98 Å². The van der Waals surface area contributed by atoms with E-state index in [1.165, 1.54) is 6.07 Å². The molecule has 1 aromatic rings. The van der Waals surface area contributed by atoms with Crippen molar-refractivity contribution in [2.75, 3.05) is 16.8 Å². The molecule has 1 aliphatic rings. The lowest BCUT2D eigenvalue weighted by atomic mass is 10.1. The number of aryl methyl sites for hydroxylation is 1. The summed E-state index contributed by atoms with van der Waals surface area (Å²) >= 11 is 0. The van der Waals surface area contributed by atoms with Crippen LogP contribution in [0.3, 0.4) is 0 Å². The fourth-order valence-corrected chi connectivity index (χ4v) is 3.81. The van der Waals surface area contributed by atoms with Crippen molar-refractivity contribution in [3.05, 3.63) is 23.4 Å². The van der Waals surface area contributed by atoms with Gasteiger partial charge in [0.05, 0.1) is 11.5 Å². The number of carboxylic acid groups (broad SMARTS) is 1. The Balaban J connectivity index is 2.23. The number of aromatic nitrogens is 1. The minimum Gasteiger partial charge on any atom is -0.478 e. The van der Waals surface area contributed by atoms with Crippen molar-refractivity contribution in [1.29, 1.82) is 0 Å². The summed E-state index contributed by atoms with van der Waals surface area (Å²) in [6, 6.07) is 2.82. The number of pyridine rings is 1. The Morgan fingerprint density at radius 2 is 2.21 bits per heavy atom. The second kappa shape index (κ2) is 5.16. The molecule has 0 amide bonds. The first-order valence-corrected chi connectivity index (χ1v) is 7.87. The maximum absolute atomic E-state index is 11.6. The van der Waals surface area contributed by atoms with Crippen molar-refractivity contribution < 1.29 is 18.3 Å². The van der Waals surface area contributed by atoms with Gasteiger partial charge < -0.3 is 10.4 Å². The number of aromatic carboxylic acids is 1. The van der Waals surface area contributed by atoms with Crippen LogP contribution in [0.1, 0.15) is 28.9 Å². The topological polar surface area (TPSA) is 96.4 Å². The van der Waals surface area contributed by atoms with Gasteiger partial charge in [-0.1, -0.05) is 0 Å². The minimum atomic E-state index is -3.03. The first kappa shape index (κ1) is 13.8. The highest BCUT2D eigenvalue weighted by Crippen LogP contribution is 2.19. The maximum Gasteiger partial charge on any atom is 0.339 e. The van der Waals surface area contributed by atoms with Crippen LogP contribution >= 0.6 is 0 Å². The molecule has 1 atom stereocenters. The number of sulfone groups is 1. The summed E-state index contributed by atoms with van der Waals surface area (Å²) in [6.07, 6.45) is 1.29. The predicted molar refractivity (Wildman–Crippen MR) is 71.2 cm³/mol. The smallest absolute Gasteiger partial charge is 0.339 e. The molecular formula is C12H16N2O4S. The Labute approximate surface area is 111 Å². The molecule has 2 N–H and O–H groups in total. The molecule has 1 unspecified atom stereocenters. The van der Waals surface area contributed by atoms with Gasteiger partial charge in [0.25, 0.3) is 0 Å². The minimum absolute atomic E-state index is 0.0294. The molecule has 2 rings (SSSR count). The molecule has 0 spiro atoms. The first-order chi connectivity index (χ1) is 8.87. The Kier molecular flexibility index (Phi) is 3.75. The van der Waals surface area contributed by atoms with E-state index in [2.05, 4.69) is 10.3 Å². The first-order valence-electron chi connectivity index (χ1n) is 6.05. The molecule has 0 radical (unpaired) electrons. The van der Waals surface area contributed by atoms with Crippen molar-refractivity contribution in [3.8, 4) is 0 Å². The molecule has 1 aromatic heterocycles. The summed E-state index contributed by atoms with van der Waals surface area (Å²) in [6.45, 7) is 1.76. The summed E-state index contributed by atoms with van der Waals surface area (Å²) in [5.41, 5.74) is 0.750. The lowest BCUT2D eigenvalue weighted by Crippen LogP contribution is -2.35. The molecule has 19 heavy (non-hydrogen) atoms. The summed E-state index contributed by atoms with van der Waals surface area (Å²) in [5.74, 6) is -0.594. The highest BCUT2D eigenvalue weighted by atomic mass is 32.2.